The van der Waals surface area contributed by atoms with Crippen molar-refractivity contribution < 1.29 is 0 Å². The van der Waals surface area contributed by atoms with Gasteiger partial charge in [0.05, 0.1) is 12.0 Å². The topological polar surface area (TPSA) is 37.1 Å². The molecule has 64 valence electrons. The van der Waals surface area contributed by atoms with E-state index in [1.165, 1.54) is 0 Å². The fraction of sp³-hybridized carbons (Fsp3) is 0.222. The number of aliphatic imine (C=N–C) groups is 3. The smallest absolute Gasteiger partial charge is 0.157 e. The summed E-state index contributed by atoms with van der Waals surface area (Å²) in [6, 6.07) is 0.0722. The second-order valence-corrected chi connectivity index (χ2v) is 3.57. The average molecular weight is 192 g/mol. The van der Waals surface area contributed by atoms with Crippen molar-refractivity contribution in [2.75, 3.05) is 0 Å². The molecule has 0 fully saturated rings. The first-order valence-electron chi connectivity index (χ1n) is 4.07. The van der Waals surface area contributed by atoms with Gasteiger partial charge in [0.2, 0.25) is 0 Å². The Morgan fingerprint density at radius 1 is 1.31 bits per heavy atom. The van der Waals surface area contributed by atoms with Crippen LogP contribution < -0.4 is 0 Å². The zero-order valence-electron chi connectivity index (χ0n) is 6.68. The second-order valence-electron chi connectivity index (χ2n) is 3.13. The first kappa shape index (κ1) is 7.21. The summed E-state index contributed by atoms with van der Waals surface area (Å²) in [5.74, 6) is 0.974. The number of halogens is 1. The maximum atomic E-state index is 6.10. The largest absolute Gasteiger partial charge is 0.283 e. The number of hydrogen-bond donors (Lipinski definition) is 0. The number of dihydropyridines is 1. The second kappa shape index (κ2) is 2.39. The number of allylic oxidation sites excluding steroid dienone is 1. The van der Waals surface area contributed by atoms with Gasteiger partial charge in [-0.05, 0) is 6.08 Å². The van der Waals surface area contributed by atoms with Gasteiger partial charge < -0.3 is 0 Å². The fourth-order valence-corrected chi connectivity index (χ4v) is 2.00. The lowest BCUT2D eigenvalue weighted by molar-refractivity contribution is 0.674. The van der Waals surface area contributed by atoms with Gasteiger partial charge in [-0.3, -0.25) is 4.99 Å². The Balaban J connectivity index is 2.07. The maximum absolute atomic E-state index is 6.10. The van der Waals surface area contributed by atoms with Crippen LogP contribution in [-0.4, -0.2) is 24.7 Å². The van der Waals surface area contributed by atoms with Crippen molar-refractivity contribution in [3.05, 3.63) is 22.5 Å². The minimum atomic E-state index is 0.0722. The molecule has 0 aromatic heterocycles. The van der Waals surface area contributed by atoms with Crippen LogP contribution in [0.15, 0.2) is 37.5 Å². The first-order chi connectivity index (χ1) is 6.36. The molecule has 3 aliphatic rings. The molecule has 13 heavy (non-hydrogen) atoms. The normalized spacial score (nSPS) is 33.8. The third-order valence-corrected chi connectivity index (χ3v) is 2.76. The molecule has 3 aliphatic heterocycles. The minimum absolute atomic E-state index is 0.0722. The van der Waals surface area contributed by atoms with E-state index in [2.05, 4.69) is 15.0 Å². The van der Waals surface area contributed by atoms with Gasteiger partial charge in [0, 0.05) is 29.2 Å². The molecule has 0 N–H and O–H groups in total. The van der Waals surface area contributed by atoms with Crippen LogP contribution in [0.5, 0.6) is 0 Å². The summed E-state index contributed by atoms with van der Waals surface area (Å²) >= 11 is 6.10. The Morgan fingerprint density at radius 3 is 3.00 bits per heavy atom. The van der Waals surface area contributed by atoms with Crippen LogP contribution in [0.3, 0.4) is 0 Å². The number of nitrogens with zero attached hydrogens (tertiary/aromatic N) is 3. The summed E-state index contributed by atoms with van der Waals surface area (Å²) in [6.07, 6.45) is 7.20. The van der Waals surface area contributed by atoms with Gasteiger partial charge in [-0.1, -0.05) is 11.6 Å². The molecule has 4 heteroatoms. The minimum Gasteiger partial charge on any atom is -0.283 e. The molecule has 0 aromatic carbocycles. The predicted octanol–water partition coefficient (Wildman–Crippen LogP) is 1.56. The molecule has 2 atom stereocenters. The van der Waals surface area contributed by atoms with Gasteiger partial charge >= 0.3 is 0 Å². The maximum Gasteiger partial charge on any atom is 0.157 e. The predicted molar refractivity (Wildman–Crippen MR) is 53.7 cm³/mol. The summed E-state index contributed by atoms with van der Waals surface area (Å²) < 4.78 is 0. The van der Waals surface area contributed by atoms with Crippen LogP contribution in [0, 0.1) is 5.92 Å². The highest BCUT2D eigenvalue weighted by atomic mass is 35.5. The van der Waals surface area contributed by atoms with Crippen molar-refractivity contribution in [2.45, 2.75) is 6.04 Å². The van der Waals surface area contributed by atoms with Crippen LogP contribution in [0.25, 0.3) is 0 Å². The van der Waals surface area contributed by atoms with Gasteiger partial charge in [0.1, 0.15) is 0 Å². The average Bonchev–Trinajstić information content (AvgIpc) is 2.07. The van der Waals surface area contributed by atoms with Gasteiger partial charge in [-0.15, -0.1) is 0 Å². The van der Waals surface area contributed by atoms with Gasteiger partial charge in [-0.25, -0.2) is 9.98 Å². The monoisotopic (exact) mass is 191 g/mol. The molecule has 0 amide bonds. The van der Waals surface area contributed by atoms with Gasteiger partial charge in [0.15, 0.2) is 5.82 Å². The van der Waals surface area contributed by atoms with Gasteiger partial charge in [-0.2, -0.15) is 0 Å². The first-order valence-corrected chi connectivity index (χ1v) is 4.45. The summed E-state index contributed by atoms with van der Waals surface area (Å²) in [4.78, 5) is 12.5. The van der Waals surface area contributed by atoms with Crippen LogP contribution in [0.2, 0.25) is 0 Å². The van der Waals surface area contributed by atoms with E-state index >= 15 is 0 Å². The van der Waals surface area contributed by atoms with E-state index in [-0.39, 0.29) is 12.0 Å². The standard InChI is InChI=1S/C9H6ClN3/c10-6-1-2-11-7-4-13-9-5(3-12-9)8(6)7/h1-4,7-8H. The van der Waals surface area contributed by atoms with Crippen molar-refractivity contribution >= 4 is 30.2 Å². The van der Waals surface area contributed by atoms with E-state index in [9.17, 15) is 0 Å². The molecular weight excluding hydrogens is 186 g/mol. The van der Waals surface area contributed by atoms with E-state index < -0.39 is 0 Å². The molecule has 3 rings (SSSR count). The number of fused-ring (bicyclic) bond motifs is 2. The molecule has 0 aromatic rings. The molecule has 0 radical (unpaired) electrons. The quantitative estimate of drug-likeness (QED) is 0.557. The Morgan fingerprint density at radius 2 is 2.23 bits per heavy atom. The molecule has 2 unspecified atom stereocenters. The Hall–Kier alpha value is -1.22. The van der Waals surface area contributed by atoms with Gasteiger partial charge in [0.25, 0.3) is 0 Å². The Labute approximate surface area is 80.3 Å². The van der Waals surface area contributed by atoms with Crippen molar-refractivity contribution in [1.82, 2.24) is 0 Å². The number of rotatable bonds is 0. The Bertz CT molecular complexity index is 415. The Kier molecular flexibility index (Phi) is 1.32. The highest BCUT2D eigenvalue weighted by molar-refractivity contribution is 6.32. The van der Waals surface area contributed by atoms with Crippen molar-refractivity contribution in [1.29, 1.82) is 0 Å². The summed E-state index contributed by atoms with van der Waals surface area (Å²) in [5, 5.41) is 0.824. The van der Waals surface area contributed by atoms with Crippen LogP contribution >= 0.6 is 11.6 Å². The van der Waals surface area contributed by atoms with Crippen LogP contribution in [0.1, 0.15) is 0 Å². The van der Waals surface area contributed by atoms with E-state index in [1.54, 1.807) is 6.21 Å². The SMILES string of the molecule is ClC1=CC=NC2C=NC3=C(C=N3)C12. The highest BCUT2D eigenvalue weighted by Crippen LogP contribution is 2.37. The van der Waals surface area contributed by atoms with Crippen molar-refractivity contribution in [3.8, 4) is 0 Å². The summed E-state index contributed by atoms with van der Waals surface area (Å²) in [5.41, 5.74) is 1.12. The lowest BCUT2D eigenvalue weighted by atomic mass is 9.87. The molecule has 3 heterocycles. The zero-order valence-corrected chi connectivity index (χ0v) is 7.44. The van der Waals surface area contributed by atoms with E-state index in [4.69, 9.17) is 11.6 Å². The molecule has 0 aliphatic carbocycles. The van der Waals surface area contributed by atoms with E-state index in [1.807, 2.05) is 18.5 Å². The van der Waals surface area contributed by atoms with E-state index in [0.29, 0.717) is 0 Å². The van der Waals surface area contributed by atoms with Crippen molar-refractivity contribution in [2.24, 2.45) is 20.9 Å². The summed E-state index contributed by atoms with van der Waals surface area (Å²) in [7, 11) is 0. The molecule has 0 saturated carbocycles. The lowest BCUT2D eigenvalue weighted by Crippen LogP contribution is -2.31. The third kappa shape index (κ3) is 0.877. The van der Waals surface area contributed by atoms with Crippen molar-refractivity contribution in [3.63, 3.8) is 0 Å². The molecule has 0 saturated heterocycles. The molecular formula is C9H6ClN3. The van der Waals surface area contributed by atoms with Crippen LogP contribution in [0.4, 0.5) is 0 Å². The molecule has 3 nitrogen and oxygen atoms in total. The lowest BCUT2D eigenvalue weighted by Gasteiger charge is -2.30. The zero-order chi connectivity index (χ0) is 8.84. The highest BCUT2D eigenvalue weighted by Gasteiger charge is 2.34. The number of hydrogen-bond acceptors (Lipinski definition) is 3. The molecule has 0 bridgehead atoms. The van der Waals surface area contributed by atoms with E-state index in [0.717, 1.165) is 16.4 Å². The van der Waals surface area contributed by atoms with Crippen LogP contribution in [-0.2, 0) is 0 Å². The third-order valence-electron chi connectivity index (χ3n) is 2.40. The molecule has 0 spiro atoms. The summed E-state index contributed by atoms with van der Waals surface area (Å²) in [6.45, 7) is 0. The fourth-order valence-electron chi connectivity index (χ4n) is 1.69.